The van der Waals surface area contributed by atoms with Crippen LogP contribution in [0.4, 0.5) is 0 Å². The van der Waals surface area contributed by atoms with Crippen LogP contribution in [0.15, 0.2) is 0 Å². The SMILES string of the molecule is CCC(C)N(CC(=O)O)C1CCC(C)(C)CC1. The number of rotatable bonds is 5. The first kappa shape index (κ1) is 14.5. The molecule has 0 amide bonds. The molecule has 1 fully saturated rings. The zero-order valence-electron chi connectivity index (χ0n) is 11.7. The summed E-state index contributed by atoms with van der Waals surface area (Å²) in [5, 5.41) is 9.02. The highest BCUT2D eigenvalue weighted by Crippen LogP contribution is 2.37. The number of nitrogens with zero attached hydrogens (tertiary/aromatic N) is 1. The fourth-order valence-corrected chi connectivity index (χ4v) is 2.75. The van der Waals surface area contributed by atoms with Crippen LogP contribution in [-0.4, -0.2) is 34.6 Å². The molecule has 100 valence electrons. The lowest BCUT2D eigenvalue weighted by molar-refractivity contribution is -0.140. The van der Waals surface area contributed by atoms with Gasteiger partial charge in [0.2, 0.25) is 0 Å². The summed E-state index contributed by atoms with van der Waals surface area (Å²) in [7, 11) is 0. The molecule has 0 radical (unpaired) electrons. The van der Waals surface area contributed by atoms with Gasteiger partial charge in [-0.15, -0.1) is 0 Å². The van der Waals surface area contributed by atoms with Crippen molar-refractivity contribution in [2.45, 2.75) is 71.9 Å². The summed E-state index contributed by atoms with van der Waals surface area (Å²) in [6.07, 6.45) is 5.73. The summed E-state index contributed by atoms with van der Waals surface area (Å²) in [6, 6.07) is 0.839. The van der Waals surface area contributed by atoms with E-state index in [0.29, 0.717) is 17.5 Å². The van der Waals surface area contributed by atoms with Crippen molar-refractivity contribution in [3.8, 4) is 0 Å². The van der Waals surface area contributed by atoms with E-state index in [2.05, 4.69) is 32.6 Å². The Kier molecular flexibility index (Phi) is 4.99. The van der Waals surface area contributed by atoms with Crippen molar-refractivity contribution < 1.29 is 9.90 Å². The van der Waals surface area contributed by atoms with Crippen molar-refractivity contribution in [3.63, 3.8) is 0 Å². The molecule has 1 atom stereocenters. The molecule has 0 aromatic rings. The third-order valence-corrected chi connectivity index (χ3v) is 4.25. The second-order valence-corrected chi connectivity index (χ2v) is 6.22. The fraction of sp³-hybridized carbons (Fsp3) is 0.929. The first-order chi connectivity index (χ1) is 7.85. The maximum Gasteiger partial charge on any atom is 0.317 e. The minimum atomic E-state index is -0.699. The summed E-state index contributed by atoms with van der Waals surface area (Å²) >= 11 is 0. The van der Waals surface area contributed by atoms with Crippen molar-refractivity contribution in [3.05, 3.63) is 0 Å². The van der Waals surface area contributed by atoms with Crippen LogP contribution in [0.3, 0.4) is 0 Å². The number of carbonyl (C=O) groups is 1. The number of hydrogen-bond acceptors (Lipinski definition) is 2. The number of hydrogen-bond donors (Lipinski definition) is 1. The van der Waals surface area contributed by atoms with Gasteiger partial charge in [0, 0.05) is 12.1 Å². The Bertz CT molecular complexity index is 253. The van der Waals surface area contributed by atoms with E-state index >= 15 is 0 Å². The van der Waals surface area contributed by atoms with E-state index in [9.17, 15) is 4.79 Å². The van der Waals surface area contributed by atoms with Crippen LogP contribution in [0.1, 0.15) is 59.8 Å². The number of aliphatic carboxylic acids is 1. The normalized spacial score (nSPS) is 22.6. The lowest BCUT2D eigenvalue weighted by Gasteiger charge is -2.42. The van der Waals surface area contributed by atoms with Crippen LogP contribution in [0.2, 0.25) is 0 Å². The maximum absolute atomic E-state index is 11.0. The predicted molar refractivity (Wildman–Crippen MR) is 70.1 cm³/mol. The molecule has 0 heterocycles. The molecule has 1 aliphatic carbocycles. The molecular formula is C14H27NO2. The molecule has 1 rings (SSSR count). The molecule has 1 saturated carbocycles. The number of carboxylic acids is 1. The van der Waals surface area contributed by atoms with Crippen LogP contribution in [-0.2, 0) is 4.79 Å². The van der Waals surface area contributed by atoms with Crippen LogP contribution in [0, 0.1) is 5.41 Å². The zero-order chi connectivity index (χ0) is 13.1. The van der Waals surface area contributed by atoms with Gasteiger partial charge in [-0.3, -0.25) is 9.69 Å². The number of carboxylic acid groups (broad SMARTS) is 1. The summed E-state index contributed by atoms with van der Waals surface area (Å²) in [4.78, 5) is 13.2. The average molecular weight is 241 g/mol. The van der Waals surface area contributed by atoms with Crippen molar-refractivity contribution in [1.82, 2.24) is 4.90 Å². The van der Waals surface area contributed by atoms with Crippen molar-refractivity contribution >= 4 is 5.97 Å². The summed E-state index contributed by atoms with van der Waals surface area (Å²) in [6.45, 7) is 9.09. The molecule has 0 spiro atoms. The second kappa shape index (κ2) is 5.85. The third-order valence-electron chi connectivity index (χ3n) is 4.25. The minimum Gasteiger partial charge on any atom is -0.480 e. The summed E-state index contributed by atoms with van der Waals surface area (Å²) in [5.41, 5.74) is 0.445. The highest BCUT2D eigenvalue weighted by atomic mass is 16.4. The molecule has 1 N–H and O–H groups in total. The summed E-state index contributed by atoms with van der Waals surface area (Å²) in [5.74, 6) is -0.699. The highest BCUT2D eigenvalue weighted by molar-refractivity contribution is 5.69. The van der Waals surface area contributed by atoms with Gasteiger partial charge in [0.25, 0.3) is 0 Å². The highest BCUT2D eigenvalue weighted by Gasteiger charge is 2.32. The standard InChI is InChI=1S/C14H27NO2/c1-5-11(2)15(10-13(16)17)12-6-8-14(3,4)9-7-12/h11-12H,5-10H2,1-4H3,(H,16,17). The van der Waals surface area contributed by atoms with Gasteiger partial charge in [0.05, 0.1) is 6.54 Å². The third kappa shape index (κ3) is 4.30. The fourth-order valence-electron chi connectivity index (χ4n) is 2.75. The Hall–Kier alpha value is -0.570. The van der Waals surface area contributed by atoms with E-state index in [0.717, 1.165) is 19.3 Å². The van der Waals surface area contributed by atoms with Crippen LogP contribution in [0.25, 0.3) is 0 Å². The first-order valence-electron chi connectivity index (χ1n) is 6.83. The van der Waals surface area contributed by atoms with Crippen molar-refractivity contribution in [2.24, 2.45) is 5.41 Å². The van der Waals surface area contributed by atoms with E-state index in [1.165, 1.54) is 12.8 Å². The molecule has 1 unspecified atom stereocenters. The van der Waals surface area contributed by atoms with E-state index in [1.807, 2.05) is 0 Å². The van der Waals surface area contributed by atoms with Gasteiger partial charge in [-0.05, 0) is 44.4 Å². The van der Waals surface area contributed by atoms with Gasteiger partial charge >= 0.3 is 5.97 Å². The minimum absolute atomic E-state index is 0.195. The van der Waals surface area contributed by atoms with Gasteiger partial charge < -0.3 is 5.11 Å². The largest absolute Gasteiger partial charge is 0.480 e. The van der Waals surface area contributed by atoms with E-state index < -0.39 is 5.97 Å². The Morgan fingerprint density at radius 3 is 2.35 bits per heavy atom. The molecular weight excluding hydrogens is 214 g/mol. The Balaban J connectivity index is 2.62. The Morgan fingerprint density at radius 1 is 1.41 bits per heavy atom. The molecule has 0 aromatic carbocycles. The average Bonchev–Trinajstić information content (AvgIpc) is 2.25. The molecule has 0 bridgehead atoms. The van der Waals surface area contributed by atoms with Crippen molar-refractivity contribution in [2.75, 3.05) is 6.54 Å². The Morgan fingerprint density at radius 2 is 1.94 bits per heavy atom. The smallest absolute Gasteiger partial charge is 0.317 e. The second-order valence-electron chi connectivity index (χ2n) is 6.22. The van der Waals surface area contributed by atoms with Gasteiger partial charge in [-0.25, -0.2) is 0 Å². The molecule has 0 aromatic heterocycles. The van der Waals surface area contributed by atoms with Gasteiger partial charge in [-0.1, -0.05) is 20.8 Å². The first-order valence-corrected chi connectivity index (χ1v) is 6.83. The monoisotopic (exact) mass is 241 g/mol. The molecule has 0 aliphatic heterocycles. The van der Waals surface area contributed by atoms with E-state index in [1.54, 1.807) is 0 Å². The predicted octanol–water partition coefficient (Wildman–Crippen LogP) is 3.14. The van der Waals surface area contributed by atoms with E-state index in [4.69, 9.17) is 5.11 Å². The molecule has 3 heteroatoms. The molecule has 0 saturated heterocycles. The quantitative estimate of drug-likeness (QED) is 0.804. The van der Waals surface area contributed by atoms with Crippen LogP contribution >= 0.6 is 0 Å². The zero-order valence-corrected chi connectivity index (χ0v) is 11.7. The molecule has 1 aliphatic rings. The topological polar surface area (TPSA) is 40.5 Å². The lowest BCUT2D eigenvalue weighted by atomic mass is 9.75. The lowest BCUT2D eigenvalue weighted by Crippen LogP contribution is -2.46. The van der Waals surface area contributed by atoms with E-state index in [-0.39, 0.29) is 6.54 Å². The van der Waals surface area contributed by atoms with Gasteiger partial charge in [-0.2, -0.15) is 0 Å². The molecule has 17 heavy (non-hydrogen) atoms. The van der Waals surface area contributed by atoms with Gasteiger partial charge in [0.1, 0.15) is 0 Å². The van der Waals surface area contributed by atoms with Crippen LogP contribution in [0.5, 0.6) is 0 Å². The molecule has 3 nitrogen and oxygen atoms in total. The van der Waals surface area contributed by atoms with Crippen LogP contribution < -0.4 is 0 Å². The van der Waals surface area contributed by atoms with Crippen molar-refractivity contribution in [1.29, 1.82) is 0 Å². The van der Waals surface area contributed by atoms with Gasteiger partial charge in [0.15, 0.2) is 0 Å². The summed E-state index contributed by atoms with van der Waals surface area (Å²) < 4.78 is 0. The maximum atomic E-state index is 11.0. The Labute approximate surface area is 105 Å².